The molecule has 6 nitrogen and oxygen atoms in total. The molecule has 0 atom stereocenters. The minimum Gasteiger partial charge on any atom is -0.366 e. The van der Waals surface area contributed by atoms with Crippen LogP contribution in [0.25, 0.3) is 0 Å². The lowest BCUT2D eigenvalue weighted by molar-refractivity contribution is -0.383. The Hall–Kier alpha value is -2.05. The monoisotopic (exact) mass is 396 g/mol. The average Bonchev–Trinajstić information content (AvgIpc) is 2.57. The van der Waals surface area contributed by atoms with Gasteiger partial charge in [-0.05, 0) is 44.5 Å². The van der Waals surface area contributed by atoms with Gasteiger partial charge < -0.3 is 10.2 Å². The Morgan fingerprint density at radius 2 is 2.00 bits per heavy atom. The highest BCUT2D eigenvalue weighted by Gasteiger charge is 2.26. The zero-order chi connectivity index (χ0) is 19.3. The van der Waals surface area contributed by atoms with E-state index in [0.717, 1.165) is 19.4 Å². The van der Waals surface area contributed by atoms with Gasteiger partial charge in [-0.2, -0.15) is 0 Å². The molecule has 0 aliphatic carbocycles. The van der Waals surface area contributed by atoms with E-state index in [1.54, 1.807) is 24.3 Å². The van der Waals surface area contributed by atoms with E-state index in [-0.39, 0.29) is 11.5 Å². The Kier molecular flexibility index (Phi) is 7.06. The number of benzene rings is 1. The molecule has 0 spiro atoms. The number of aryl methyl sites for hydroxylation is 1. The van der Waals surface area contributed by atoms with E-state index in [2.05, 4.69) is 17.2 Å². The normalized spacial score (nSPS) is 10.7. The summed E-state index contributed by atoms with van der Waals surface area (Å²) in [7, 11) is 0. The topological polar surface area (TPSA) is 71.3 Å². The number of nitrogens with one attached hydrogen (secondary N) is 1. The van der Waals surface area contributed by atoms with Gasteiger partial charge in [-0.15, -0.1) is 0 Å². The van der Waals surface area contributed by atoms with Gasteiger partial charge in [0.25, 0.3) is 0 Å². The summed E-state index contributed by atoms with van der Waals surface area (Å²) in [5, 5.41) is 15.7. The molecule has 0 saturated carbocycles. The molecule has 1 N–H and O–H groups in total. The maximum atomic E-state index is 11.8. The highest BCUT2D eigenvalue weighted by atomic mass is 35.5. The lowest BCUT2D eigenvalue weighted by Crippen LogP contribution is -2.25. The number of pyridine rings is 1. The van der Waals surface area contributed by atoms with E-state index in [1.807, 2.05) is 18.7 Å². The number of aromatic nitrogens is 1. The standard InChI is InChI=1S/C18H22Cl2N4O2/c1-4-6-9-23(5-2)16-10-12(3)21-18(17(16)24(25)26)22-15-8-7-13(19)11-14(15)20/h7-8,10-11H,4-6,9H2,1-3H3,(H,21,22). The molecule has 1 aromatic carbocycles. The molecule has 2 rings (SSSR count). The van der Waals surface area contributed by atoms with E-state index in [4.69, 9.17) is 23.2 Å². The van der Waals surface area contributed by atoms with Crippen molar-refractivity contribution in [2.24, 2.45) is 0 Å². The summed E-state index contributed by atoms with van der Waals surface area (Å²) in [6.45, 7) is 7.31. The Bertz CT molecular complexity index is 799. The van der Waals surface area contributed by atoms with Crippen molar-refractivity contribution in [3.8, 4) is 0 Å². The predicted octanol–water partition coefficient (Wildman–Crippen LogP) is 5.98. The van der Waals surface area contributed by atoms with Crippen molar-refractivity contribution in [1.29, 1.82) is 0 Å². The van der Waals surface area contributed by atoms with Crippen molar-refractivity contribution in [1.82, 2.24) is 4.98 Å². The van der Waals surface area contributed by atoms with Crippen LogP contribution in [-0.2, 0) is 0 Å². The fourth-order valence-corrected chi connectivity index (χ4v) is 3.13. The third-order valence-corrected chi connectivity index (χ3v) is 4.52. The quantitative estimate of drug-likeness (QED) is 0.439. The Morgan fingerprint density at radius 1 is 1.27 bits per heavy atom. The van der Waals surface area contributed by atoms with E-state index < -0.39 is 4.92 Å². The molecular formula is C18H22Cl2N4O2. The van der Waals surface area contributed by atoms with Crippen molar-refractivity contribution < 1.29 is 4.92 Å². The van der Waals surface area contributed by atoms with E-state index in [9.17, 15) is 10.1 Å². The zero-order valence-corrected chi connectivity index (χ0v) is 16.6. The lowest BCUT2D eigenvalue weighted by Gasteiger charge is -2.24. The van der Waals surface area contributed by atoms with Gasteiger partial charge in [0.2, 0.25) is 5.82 Å². The number of hydrogen-bond acceptors (Lipinski definition) is 5. The third-order valence-electron chi connectivity index (χ3n) is 3.97. The second kappa shape index (κ2) is 9.05. The molecule has 140 valence electrons. The van der Waals surface area contributed by atoms with E-state index >= 15 is 0 Å². The van der Waals surface area contributed by atoms with Crippen molar-refractivity contribution in [3.05, 3.63) is 50.1 Å². The summed E-state index contributed by atoms with van der Waals surface area (Å²) in [6.07, 6.45) is 1.97. The van der Waals surface area contributed by atoms with Crippen molar-refractivity contribution in [2.75, 3.05) is 23.3 Å². The second-order valence-corrected chi connectivity index (χ2v) is 6.76. The van der Waals surface area contributed by atoms with Gasteiger partial charge in [0.05, 0.1) is 15.6 Å². The van der Waals surface area contributed by atoms with Crippen LogP contribution in [-0.4, -0.2) is 23.0 Å². The van der Waals surface area contributed by atoms with Crippen LogP contribution in [0.1, 0.15) is 32.4 Å². The van der Waals surface area contributed by atoms with Gasteiger partial charge in [-0.3, -0.25) is 10.1 Å². The smallest absolute Gasteiger partial charge is 0.334 e. The molecule has 26 heavy (non-hydrogen) atoms. The molecule has 2 aromatic rings. The number of nitro groups is 1. The zero-order valence-electron chi connectivity index (χ0n) is 15.1. The lowest BCUT2D eigenvalue weighted by atomic mass is 10.2. The van der Waals surface area contributed by atoms with Crippen LogP contribution in [0.4, 0.5) is 22.9 Å². The summed E-state index contributed by atoms with van der Waals surface area (Å²) < 4.78 is 0. The van der Waals surface area contributed by atoms with Crippen LogP contribution in [0.3, 0.4) is 0 Å². The van der Waals surface area contributed by atoms with Crippen LogP contribution in [0.15, 0.2) is 24.3 Å². The number of hydrogen-bond donors (Lipinski definition) is 1. The SMILES string of the molecule is CCCCN(CC)c1cc(C)nc(Nc2ccc(Cl)cc2Cl)c1[N+](=O)[O-]. The largest absolute Gasteiger partial charge is 0.366 e. The van der Waals surface area contributed by atoms with Crippen molar-refractivity contribution >= 4 is 46.1 Å². The summed E-state index contributed by atoms with van der Waals surface area (Å²) in [5.74, 6) is 0.171. The fraction of sp³-hybridized carbons (Fsp3) is 0.389. The Morgan fingerprint density at radius 3 is 2.58 bits per heavy atom. The molecular weight excluding hydrogens is 375 g/mol. The van der Waals surface area contributed by atoms with Crippen LogP contribution in [0, 0.1) is 17.0 Å². The van der Waals surface area contributed by atoms with Crippen LogP contribution >= 0.6 is 23.2 Å². The minimum absolute atomic E-state index is 0.0560. The molecule has 0 unspecified atom stereocenters. The summed E-state index contributed by atoms with van der Waals surface area (Å²) in [5.41, 5.74) is 1.71. The molecule has 1 aromatic heterocycles. The Balaban J connectivity index is 2.53. The number of anilines is 3. The Labute approximate surface area is 163 Å². The van der Waals surface area contributed by atoms with Crippen LogP contribution in [0.2, 0.25) is 10.0 Å². The van der Waals surface area contributed by atoms with Gasteiger partial charge in [0, 0.05) is 23.8 Å². The molecule has 0 fully saturated rings. The second-order valence-electron chi connectivity index (χ2n) is 5.92. The van der Waals surface area contributed by atoms with Gasteiger partial charge in [0.15, 0.2) is 0 Å². The van der Waals surface area contributed by atoms with Gasteiger partial charge >= 0.3 is 5.69 Å². The number of unbranched alkanes of at least 4 members (excludes halogenated alkanes) is 1. The molecule has 0 bridgehead atoms. The minimum atomic E-state index is -0.400. The molecule has 0 amide bonds. The fourth-order valence-electron chi connectivity index (χ4n) is 2.67. The van der Waals surface area contributed by atoms with Crippen LogP contribution < -0.4 is 10.2 Å². The molecule has 0 aliphatic heterocycles. The van der Waals surface area contributed by atoms with Gasteiger partial charge in [-0.25, -0.2) is 4.98 Å². The summed E-state index contributed by atoms with van der Waals surface area (Å²) >= 11 is 12.1. The maximum Gasteiger partial charge on any atom is 0.334 e. The first-order valence-electron chi connectivity index (χ1n) is 8.50. The van der Waals surface area contributed by atoms with Crippen molar-refractivity contribution in [3.63, 3.8) is 0 Å². The average molecular weight is 397 g/mol. The summed E-state index contributed by atoms with van der Waals surface area (Å²) in [6, 6.07) is 6.67. The van der Waals surface area contributed by atoms with Gasteiger partial charge in [-0.1, -0.05) is 36.5 Å². The first-order valence-corrected chi connectivity index (χ1v) is 9.26. The molecule has 0 aliphatic rings. The maximum absolute atomic E-state index is 11.8. The highest BCUT2D eigenvalue weighted by Crippen LogP contribution is 2.38. The summed E-state index contributed by atoms with van der Waals surface area (Å²) in [4.78, 5) is 17.8. The molecule has 8 heteroatoms. The van der Waals surface area contributed by atoms with Gasteiger partial charge in [0.1, 0.15) is 5.69 Å². The predicted molar refractivity (Wildman–Crippen MR) is 108 cm³/mol. The van der Waals surface area contributed by atoms with Crippen LogP contribution in [0.5, 0.6) is 0 Å². The number of rotatable bonds is 8. The number of halogens is 2. The highest BCUT2D eigenvalue weighted by molar-refractivity contribution is 6.36. The third kappa shape index (κ3) is 4.77. The van der Waals surface area contributed by atoms with E-state index in [1.165, 1.54) is 0 Å². The number of nitrogens with zero attached hydrogens (tertiary/aromatic N) is 3. The van der Waals surface area contributed by atoms with Crippen molar-refractivity contribution in [2.45, 2.75) is 33.6 Å². The van der Waals surface area contributed by atoms with E-state index in [0.29, 0.717) is 33.7 Å². The molecule has 0 saturated heterocycles. The molecule has 0 radical (unpaired) electrons. The first kappa shape index (κ1) is 20.3. The first-order chi connectivity index (χ1) is 12.4. The molecule has 1 heterocycles.